The number of sulfonamides is 1. The van der Waals surface area contributed by atoms with Gasteiger partial charge < -0.3 is 14.8 Å². The highest BCUT2D eigenvalue weighted by Gasteiger charge is 2.21. The number of carbonyl (C=O) groups is 2. The number of aryl methyl sites for hydroxylation is 1. The van der Waals surface area contributed by atoms with Crippen LogP contribution >= 0.6 is 0 Å². The fourth-order valence-corrected chi connectivity index (χ4v) is 4.59. The van der Waals surface area contributed by atoms with Gasteiger partial charge in [0.2, 0.25) is 0 Å². The summed E-state index contributed by atoms with van der Waals surface area (Å²) in [7, 11) is -1.40. The van der Waals surface area contributed by atoms with Crippen LogP contribution in [0.15, 0.2) is 63.0 Å². The summed E-state index contributed by atoms with van der Waals surface area (Å²) in [6.07, 6.45) is 0. The molecule has 0 aliphatic heterocycles. The molecule has 3 aromatic rings. The Labute approximate surface area is 212 Å². The number of esters is 1. The predicted octanol–water partition coefficient (Wildman–Crippen LogP) is 1.39. The molecule has 0 saturated heterocycles. The first-order valence-corrected chi connectivity index (χ1v) is 12.5. The lowest BCUT2D eigenvalue weighted by atomic mass is 10.1. The van der Waals surface area contributed by atoms with E-state index in [1.54, 1.807) is 31.2 Å². The molecule has 0 fully saturated rings. The summed E-state index contributed by atoms with van der Waals surface area (Å²) in [6.45, 7) is 3.15. The highest BCUT2D eigenvalue weighted by molar-refractivity contribution is 7.92. The number of hydrogen-bond donors (Lipinski definition) is 2. The second kappa shape index (κ2) is 11.1. The third kappa shape index (κ3) is 6.44. The van der Waals surface area contributed by atoms with Crippen LogP contribution < -0.4 is 26.0 Å². The first kappa shape index (κ1) is 27.2. The van der Waals surface area contributed by atoms with Crippen LogP contribution in [0.5, 0.6) is 5.75 Å². The number of ether oxygens (including phenoxy) is 2. The molecule has 0 atom stereocenters. The maximum atomic E-state index is 13.0. The zero-order valence-electron chi connectivity index (χ0n) is 20.6. The van der Waals surface area contributed by atoms with Gasteiger partial charge in [0.05, 0.1) is 17.1 Å². The van der Waals surface area contributed by atoms with Gasteiger partial charge in [0.1, 0.15) is 11.6 Å². The molecule has 0 bridgehead atoms. The maximum Gasteiger partial charge on any atom is 0.338 e. The zero-order chi connectivity index (χ0) is 27.3. The molecular formula is C24H26N4O8S. The number of benzene rings is 2. The van der Waals surface area contributed by atoms with E-state index in [2.05, 4.69) is 10.0 Å². The molecule has 0 aliphatic carbocycles. The van der Waals surface area contributed by atoms with Gasteiger partial charge in [0, 0.05) is 25.8 Å². The number of anilines is 2. The second-order valence-electron chi connectivity index (χ2n) is 7.94. The molecular weight excluding hydrogens is 504 g/mol. The van der Waals surface area contributed by atoms with E-state index in [1.165, 1.54) is 26.2 Å². The van der Waals surface area contributed by atoms with Crippen LogP contribution in [0.3, 0.4) is 0 Å². The highest BCUT2D eigenvalue weighted by Crippen LogP contribution is 2.23. The summed E-state index contributed by atoms with van der Waals surface area (Å²) >= 11 is 0. The molecule has 13 heteroatoms. The molecule has 2 N–H and O–H groups in total. The van der Waals surface area contributed by atoms with E-state index in [9.17, 15) is 27.6 Å². The molecule has 1 aromatic heterocycles. The van der Waals surface area contributed by atoms with Gasteiger partial charge >= 0.3 is 11.7 Å². The van der Waals surface area contributed by atoms with Crippen molar-refractivity contribution < 1.29 is 27.5 Å². The van der Waals surface area contributed by atoms with Crippen molar-refractivity contribution in [1.29, 1.82) is 0 Å². The first-order chi connectivity index (χ1) is 17.4. The highest BCUT2D eigenvalue weighted by atomic mass is 32.2. The van der Waals surface area contributed by atoms with Crippen molar-refractivity contribution in [3.8, 4) is 5.75 Å². The van der Waals surface area contributed by atoms with Gasteiger partial charge in [-0.05, 0) is 55.8 Å². The topological polar surface area (TPSA) is 155 Å². The molecule has 37 heavy (non-hydrogen) atoms. The molecule has 12 nitrogen and oxygen atoms in total. The van der Waals surface area contributed by atoms with Crippen LogP contribution in [0.4, 0.5) is 11.5 Å². The van der Waals surface area contributed by atoms with E-state index in [0.717, 1.165) is 21.3 Å². The molecule has 0 aliphatic rings. The van der Waals surface area contributed by atoms with Gasteiger partial charge in [-0.25, -0.2) is 18.0 Å². The lowest BCUT2D eigenvalue weighted by Crippen LogP contribution is -2.38. The van der Waals surface area contributed by atoms with Crippen molar-refractivity contribution >= 4 is 33.4 Å². The number of aromatic nitrogens is 2. The van der Waals surface area contributed by atoms with Crippen molar-refractivity contribution in [2.45, 2.75) is 18.7 Å². The van der Waals surface area contributed by atoms with Gasteiger partial charge in [0.15, 0.2) is 6.61 Å². The van der Waals surface area contributed by atoms with Crippen molar-refractivity contribution in [3.63, 3.8) is 0 Å². The Bertz CT molecular complexity index is 1560. The minimum atomic E-state index is -4.06. The summed E-state index contributed by atoms with van der Waals surface area (Å²) in [5.41, 5.74) is -0.668. The minimum absolute atomic E-state index is 0.0711. The molecule has 0 saturated carbocycles. The Balaban J connectivity index is 1.70. The Morgan fingerprint density at radius 2 is 1.65 bits per heavy atom. The van der Waals surface area contributed by atoms with E-state index < -0.39 is 39.8 Å². The number of nitrogens with zero attached hydrogens (tertiary/aromatic N) is 2. The quantitative estimate of drug-likeness (QED) is 0.393. The maximum absolute atomic E-state index is 13.0. The van der Waals surface area contributed by atoms with E-state index >= 15 is 0 Å². The standard InChI is InChI=1S/C24H26N4O8S/c1-5-35-18-10-8-17(9-11-18)26-37(33,34)19-12-16(7-6-15(19)2)23(31)36-14-21(29)25-20-13-22(30)28(4)24(32)27(20)3/h6-13,26H,5,14H2,1-4H3,(H,25,29). The number of carbonyl (C=O) groups excluding carboxylic acids is 2. The van der Waals surface area contributed by atoms with E-state index in [-0.39, 0.29) is 16.3 Å². The first-order valence-electron chi connectivity index (χ1n) is 11.0. The minimum Gasteiger partial charge on any atom is -0.494 e. The molecule has 0 radical (unpaired) electrons. The van der Waals surface area contributed by atoms with Crippen molar-refractivity contribution in [1.82, 2.24) is 9.13 Å². The summed E-state index contributed by atoms with van der Waals surface area (Å²) in [4.78, 5) is 48.4. The second-order valence-corrected chi connectivity index (χ2v) is 9.59. The normalized spacial score (nSPS) is 11.0. The number of nitrogens with one attached hydrogen (secondary N) is 2. The Hall–Kier alpha value is -4.39. The van der Waals surface area contributed by atoms with Crippen LogP contribution in [0.25, 0.3) is 0 Å². The fourth-order valence-electron chi connectivity index (χ4n) is 3.26. The van der Waals surface area contributed by atoms with Crippen molar-refractivity contribution in [3.05, 3.63) is 80.5 Å². The zero-order valence-corrected chi connectivity index (χ0v) is 21.4. The summed E-state index contributed by atoms with van der Waals surface area (Å²) in [5, 5.41) is 2.33. The fraction of sp³-hybridized carbons (Fsp3) is 0.250. The number of hydrogen-bond acceptors (Lipinski definition) is 8. The predicted molar refractivity (Wildman–Crippen MR) is 135 cm³/mol. The number of amides is 1. The molecule has 1 heterocycles. The van der Waals surface area contributed by atoms with Crippen molar-refractivity contribution in [2.75, 3.05) is 23.3 Å². The van der Waals surface area contributed by atoms with Crippen LogP contribution in [0.1, 0.15) is 22.8 Å². The largest absolute Gasteiger partial charge is 0.494 e. The van der Waals surface area contributed by atoms with Gasteiger partial charge in [0.25, 0.3) is 21.5 Å². The lowest BCUT2D eigenvalue weighted by Gasteiger charge is -2.13. The SMILES string of the molecule is CCOc1ccc(NS(=O)(=O)c2cc(C(=O)OCC(=O)Nc3cc(=O)n(C)c(=O)n3C)ccc2C)cc1. The van der Waals surface area contributed by atoms with Crippen LogP contribution in [0.2, 0.25) is 0 Å². The molecule has 3 rings (SSSR count). The molecule has 196 valence electrons. The summed E-state index contributed by atoms with van der Waals surface area (Å²) in [6, 6.07) is 11.4. The average Bonchev–Trinajstić information content (AvgIpc) is 2.86. The van der Waals surface area contributed by atoms with Crippen LogP contribution in [0, 0.1) is 6.92 Å². The van der Waals surface area contributed by atoms with Crippen molar-refractivity contribution in [2.24, 2.45) is 14.1 Å². The average molecular weight is 531 g/mol. The van der Waals surface area contributed by atoms with E-state index in [0.29, 0.717) is 23.6 Å². The Morgan fingerprint density at radius 1 is 0.973 bits per heavy atom. The monoisotopic (exact) mass is 530 g/mol. The van der Waals surface area contributed by atoms with E-state index in [1.807, 2.05) is 6.92 Å². The molecule has 1 amide bonds. The lowest BCUT2D eigenvalue weighted by molar-refractivity contribution is -0.119. The van der Waals surface area contributed by atoms with Crippen LogP contribution in [-0.4, -0.2) is 42.6 Å². The molecule has 2 aromatic carbocycles. The Kier molecular flexibility index (Phi) is 8.17. The van der Waals surface area contributed by atoms with Gasteiger partial charge in [-0.3, -0.25) is 23.4 Å². The third-order valence-electron chi connectivity index (χ3n) is 5.26. The smallest absolute Gasteiger partial charge is 0.338 e. The number of rotatable bonds is 9. The van der Waals surface area contributed by atoms with Gasteiger partial charge in [-0.1, -0.05) is 6.07 Å². The third-order valence-corrected chi connectivity index (χ3v) is 6.78. The summed E-state index contributed by atoms with van der Waals surface area (Å²) in [5.74, 6) is -1.22. The van der Waals surface area contributed by atoms with Gasteiger partial charge in [-0.15, -0.1) is 0 Å². The Morgan fingerprint density at radius 3 is 2.30 bits per heavy atom. The van der Waals surface area contributed by atoms with E-state index in [4.69, 9.17) is 9.47 Å². The summed E-state index contributed by atoms with van der Waals surface area (Å²) < 4.78 is 40.7. The van der Waals surface area contributed by atoms with Gasteiger partial charge in [-0.2, -0.15) is 0 Å². The van der Waals surface area contributed by atoms with Crippen LogP contribution in [-0.2, 0) is 33.7 Å². The molecule has 0 unspecified atom stereocenters. The molecule has 0 spiro atoms.